The van der Waals surface area contributed by atoms with Crippen LogP contribution < -0.4 is 5.32 Å². The standard InChI is InChI=1S/C16H26ClNS/c1-4-19-10-6-8-15(12-18-13(2)3)14-7-5-9-16(17)11-14/h5,7,9,11,13,15,18H,4,6,8,10,12H2,1-3H3. The largest absolute Gasteiger partial charge is 0.314 e. The van der Waals surface area contributed by atoms with Crippen LogP contribution in [0.5, 0.6) is 0 Å². The first-order chi connectivity index (χ1) is 9.13. The zero-order valence-corrected chi connectivity index (χ0v) is 13.9. The molecule has 1 N–H and O–H groups in total. The van der Waals surface area contributed by atoms with E-state index in [1.165, 1.54) is 29.9 Å². The molecular weight excluding hydrogens is 274 g/mol. The predicted octanol–water partition coefficient (Wildman–Crippen LogP) is 4.95. The molecule has 0 amide bonds. The molecule has 0 saturated heterocycles. The summed E-state index contributed by atoms with van der Waals surface area (Å²) in [6.45, 7) is 7.65. The van der Waals surface area contributed by atoms with Crippen LogP contribution in [0.1, 0.15) is 45.1 Å². The Kier molecular flexibility index (Phi) is 8.60. The van der Waals surface area contributed by atoms with Gasteiger partial charge < -0.3 is 5.32 Å². The molecule has 0 aliphatic heterocycles. The molecule has 0 radical (unpaired) electrons. The smallest absolute Gasteiger partial charge is 0.0408 e. The van der Waals surface area contributed by atoms with Gasteiger partial charge in [0.1, 0.15) is 0 Å². The van der Waals surface area contributed by atoms with E-state index in [9.17, 15) is 0 Å². The van der Waals surface area contributed by atoms with Crippen molar-refractivity contribution in [2.24, 2.45) is 0 Å². The second-order valence-electron chi connectivity index (χ2n) is 5.15. The van der Waals surface area contributed by atoms with Gasteiger partial charge in [0.25, 0.3) is 0 Å². The van der Waals surface area contributed by atoms with Gasteiger partial charge in [-0.1, -0.05) is 44.5 Å². The van der Waals surface area contributed by atoms with Gasteiger partial charge in [-0.25, -0.2) is 0 Å². The predicted molar refractivity (Wildman–Crippen MR) is 89.6 cm³/mol. The quantitative estimate of drug-likeness (QED) is 0.647. The van der Waals surface area contributed by atoms with E-state index in [1.807, 2.05) is 17.8 Å². The molecule has 1 nitrogen and oxygen atoms in total. The lowest BCUT2D eigenvalue weighted by atomic mass is 9.94. The van der Waals surface area contributed by atoms with E-state index in [1.54, 1.807) is 0 Å². The average molecular weight is 300 g/mol. The summed E-state index contributed by atoms with van der Waals surface area (Å²) in [5.74, 6) is 3.04. The van der Waals surface area contributed by atoms with Crippen molar-refractivity contribution >= 4 is 23.4 Å². The van der Waals surface area contributed by atoms with Crippen LogP contribution in [0.2, 0.25) is 5.02 Å². The number of hydrogen-bond acceptors (Lipinski definition) is 2. The molecule has 0 aliphatic carbocycles. The van der Waals surface area contributed by atoms with Gasteiger partial charge in [-0.05, 0) is 48.0 Å². The van der Waals surface area contributed by atoms with Gasteiger partial charge in [-0.15, -0.1) is 0 Å². The van der Waals surface area contributed by atoms with Crippen LogP contribution in [0.3, 0.4) is 0 Å². The van der Waals surface area contributed by atoms with E-state index in [0.717, 1.165) is 11.6 Å². The lowest BCUT2D eigenvalue weighted by Crippen LogP contribution is -2.28. The van der Waals surface area contributed by atoms with Crippen molar-refractivity contribution in [3.05, 3.63) is 34.9 Å². The van der Waals surface area contributed by atoms with Crippen molar-refractivity contribution in [1.82, 2.24) is 5.32 Å². The molecule has 1 atom stereocenters. The number of benzene rings is 1. The molecule has 1 unspecified atom stereocenters. The van der Waals surface area contributed by atoms with Gasteiger partial charge in [0.2, 0.25) is 0 Å². The maximum atomic E-state index is 6.11. The summed E-state index contributed by atoms with van der Waals surface area (Å²) in [7, 11) is 0. The molecule has 108 valence electrons. The Morgan fingerprint density at radius 3 is 2.74 bits per heavy atom. The average Bonchev–Trinajstić information content (AvgIpc) is 2.37. The van der Waals surface area contributed by atoms with Crippen LogP contribution in [0.4, 0.5) is 0 Å². The highest BCUT2D eigenvalue weighted by Crippen LogP contribution is 2.24. The first-order valence-corrected chi connectivity index (χ1v) is 8.73. The summed E-state index contributed by atoms with van der Waals surface area (Å²) in [6.07, 6.45) is 2.50. The number of halogens is 1. The number of hydrogen-bond donors (Lipinski definition) is 1. The molecule has 0 spiro atoms. The molecule has 1 aromatic rings. The number of rotatable bonds is 9. The van der Waals surface area contributed by atoms with E-state index in [4.69, 9.17) is 11.6 Å². The molecule has 0 heterocycles. The van der Waals surface area contributed by atoms with Crippen LogP contribution in [0.15, 0.2) is 24.3 Å². The van der Waals surface area contributed by atoms with Crippen molar-refractivity contribution in [2.45, 2.75) is 45.6 Å². The van der Waals surface area contributed by atoms with Gasteiger partial charge >= 0.3 is 0 Å². The van der Waals surface area contributed by atoms with E-state index < -0.39 is 0 Å². The Bertz CT molecular complexity index is 354. The zero-order chi connectivity index (χ0) is 14.1. The third-order valence-corrected chi connectivity index (χ3v) is 4.36. The fraction of sp³-hybridized carbons (Fsp3) is 0.625. The minimum absolute atomic E-state index is 0.534. The monoisotopic (exact) mass is 299 g/mol. The Morgan fingerprint density at radius 1 is 1.32 bits per heavy atom. The van der Waals surface area contributed by atoms with Crippen molar-refractivity contribution < 1.29 is 0 Å². The number of nitrogens with one attached hydrogen (secondary N) is 1. The SMILES string of the molecule is CCSCCCC(CNC(C)C)c1cccc(Cl)c1. The summed E-state index contributed by atoms with van der Waals surface area (Å²) in [6, 6.07) is 8.85. The van der Waals surface area contributed by atoms with E-state index >= 15 is 0 Å². The first kappa shape index (κ1) is 16.9. The minimum Gasteiger partial charge on any atom is -0.314 e. The van der Waals surface area contributed by atoms with E-state index in [-0.39, 0.29) is 0 Å². The van der Waals surface area contributed by atoms with Gasteiger partial charge in [0.05, 0.1) is 0 Å². The Labute approximate surface area is 127 Å². The third kappa shape index (κ3) is 7.24. The summed E-state index contributed by atoms with van der Waals surface area (Å²) in [5, 5.41) is 4.40. The molecule has 0 aliphatic rings. The summed E-state index contributed by atoms with van der Waals surface area (Å²) in [5.41, 5.74) is 1.36. The Hall–Kier alpha value is -0.180. The highest BCUT2D eigenvalue weighted by Gasteiger charge is 2.12. The molecule has 3 heteroatoms. The Balaban J connectivity index is 2.57. The van der Waals surface area contributed by atoms with Gasteiger partial charge in [0, 0.05) is 17.6 Å². The topological polar surface area (TPSA) is 12.0 Å². The molecule has 0 fully saturated rings. The van der Waals surface area contributed by atoms with Crippen LogP contribution >= 0.6 is 23.4 Å². The maximum absolute atomic E-state index is 6.11. The molecule has 0 bridgehead atoms. The van der Waals surface area contributed by atoms with Crippen LogP contribution in [0, 0.1) is 0 Å². The first-order valence-electron chi connectivity index (χ1n) is 7.20. The number of thioether (sulfide) groups is 1. The normalized spacial score (nSPS) is 12.9. The Morgan fingerprint density at radius 2 is 2.11 bits per heavy atom. The lowest BCUT2D eigenvalue weighted by molar-refractivity contribution is 0.506. The van der Waals surface area contributed by atoms with Crippen LogP contribution in [0.25, 0.3) is 0 Å². The summed E-state index contributed by atoms with van der Waals surface area (Å²) >= 11 is 8.14. The van der Waals surface area contributed by atoms with Crippen molar-refractivity contribution in [1.29, 1.82) is 0 Å². The van der Waals surface area contributed by atoms with E-state index in [2.05, 4.69) is 44.3 Å². The van der Waals surface area contributed by atoms with Crippen molar-refractivity contribution in [3.8, 4) is 0 Å². The van der Waals surface area contributed by atoms with Gasteiger partial charge in [-0.3, -0.25) is 0 Å². The van der Waals surface area contributed by atoms with Gasteiger partial charge in [0.15, 0.2) is 0 Å². The maximum Gasteiger partial charge on any atom is 0.0408 e. The highest BCUT2D eigenvalue weighted by molar-refractivity contribution is 7.99. The van der Waals surface area contributed by atoms with E-state index in [0.29, 0.717) is 12.0 Å². The lowest BCUT2D eigenvalue weighted by Gasteiger charge is -2.20. The van der Waals surface area contributed by atoms with Crippen molar-refractivity contribution in [3.63, 3.8) is 0 Å². The summed E-state index contributed by atoms with van der Waals surface area (Å²) < 4.78 is 0. The second kappa shape index (κ2) is 9.68. The highest BCUT2D eigenvalue weighted by atomic mass is 35.5. The fourth-order valence-corrected chi connectivity index (χ4v) is 2.96. The fourth-order valence-electron chi connectivity index (χ4n) is 2.10. The molecule has 0 aromatic heterocycles. The molecule has 19 heavy (non-hydrogen) atoms. The third-order valence-electron chi connectivity index (χ3n) is 3.14. The molecule has 0 saturated carbocycles. The summed E-state index contributed by atoms with van der Waals surface area (Å²) in [4.78, 5) is 0. The van der Waals surface area contributed by atoms with Crippen LogP contribution in [-0.4, -0.2) is 24.1 Å². The zero-order valence-electron chi connectivity index (χ0n) is 12.3. The van der Waals surface area contributed by atoms with Crippen LogP contribution in [-0.2, 0) is 0 Å². The molecule has 1 aromatic carbocycles. The minimum atomic E-state index is 0.534. The van der Waals surface area contributed by atoms with Crippen molar-refractivity contribution in [2.75, 3.05) is 18.1 Å². The molecule has 1 rings (SSSR count). The second-order valence-corrected chi connectivity index (χ2v) is 6.98. The molecular formula is C16H26ClNS. The van der Waals surface area contributed by atoms with Gasteiger partial charge in [-0.2, -0.15) is 11.8 Å².